The summed E-state index contributed by atoms with van der Waals surface area (Å²) in [6, 6.07) is 8.72. The van der Waals surface area contributed by atoms with Crippen LogP contribution in [0, 0.1) is 11.8 Å². The van der Waals surface area contributed by atoms with Crippen LogP contribution in [0.5, 0.6) is 0 Å². The summed E-state index contributed by atoms with van der Waals surface area (Å²) in [5, 5.41) is 0. The molecule has 0 fully saturated rings. The van der Waals surface area contributed by atoms with Crippen LogP contribution in [0.15, 0.2) is 24.3 Å². The Kier molecular flexibility index (Phi) is 5.76. The van der Waals surface area contributed by atoms with Crippen molar-refractivity contribution in [1.29, 1.82) is 0 Å². The summed E-state index contributed by atoms with van der Waals surface area (Å²) in [6.45, 7) is 13.3. The molecule has 1 aliphatic carbocycles. The Morgan fingerprint density at radius 3 is 1.94 bits per heavy atom. The minimum atomic E-state index is 0. The molecule has 0 spiro atoms. The molecular weight excluding hydrogens is 269 g/mol. The Labute approximate surface area is 126 Å². The molecule has 0 aliphatic heterocycles. The van der Waals surface area contributed by atoms with Gasteiger partial charge in [-0.05, 0) is 0 Å². The van der Waals surface area contributed by atoms with E-state index in [-0.39, 0.29) is 43.5 Å². The van der Waals surface area contributed by atoms with Gasteiger partial charge in [-0.2, -0.15) is 18.1 Å². The van der Waals surface area contributed by atoms with Gasteiger partial charge in [-0.3, -0.25) is 0 Å². The van der Waals surface area contributed by atoms with Crippen molar-refractivity contribution in [2.45, 2.75) is 47.0 Å². The number of fused-ring (bicyclic) bond motifs is 1. The molecule has 1 aromatic carbocycles. The normalized spacial score (nSPS) is 18.4. The maximum Gasteiger partial charge on any atom is 0 e. The number of hydrogen-bond donors (Lipinski definition) is 0. The fraction of sp³-hybridized carbons (Fsp3) is 0.533. The smallest absolute Gasteiger partial charge is 0 e. The Morgan fingerprint density at radius 2 is 1.44 bits per heavy atom. The Bertz CT molecular complexity index is 337. The van der Waals surface area contributed by atoms with Gasteiger partial charge in [-0.1, -0.05) is 58.4 Å². The molecule has 0 unspecified atom stereocenters. The van der Waals surface area contributed by atoms with Crippen LogP contribution >= 0.6 is 0 Å². The first-order chi connectivity index (χ1) is 6.95. The second-order valence-corrected chi connectivity index (χ2v) is 5.08. The van der Waals surface area contributed by atoms with Crippen LogP contribution in [0.3, 0.4) is 0 Å². The molecule has 2 rings (SSSR count). The van der Waals surface area contributed by atoms with Crippen molar-refractivity contribution >= 4 is 0 Å². The average molecular weight is 292 g/mol. The van der Waals surface area contributed by atoms with Crippen LogP contribution < -0.4 is 0 Å². The van der Waals surface area contributed by atoms with E-state index in [1.807, 2.05) is 13.8 Å². The molecule has 0 atom stereocenters. The Morgan fingerprint density at radius 1 is 0.938 bits per heavy atom. The maximum atomic E-state index is 2.39. The van der Waals surface area contributed by atoms with E-state index >= 15 is 0 Å². The van der Waals surface area contributed by atoms with Crippen molar-refractivity contribution in [3.05, 3.63) is 41.8 Å². The van der Waals surface area contributed by atoms with E-state index in [1.54, 1.807) is 0 Å². The van der Waals surface area contributed by atoms with Crippen molar-refractivity contribution in [3.8, 4) is 0 Å². The molecule has 1 heteroatoms. The summed E-state index contributed by atoms with van der Waals surface area (Å²) < 4.78 is 0. The van der Waals surface area contributed by atoms with Gasteiger partial charge in [0.25, 0.3) is 0 Å². The zero-order chi connectivity index (χ0) is 11.7. The monoisotopic (exact) mass is 292 g/mol. The molecule has 0 amide bonds. The van der Waals surface area contributed by atoms with Crippen LogP contribution in [0.25, 0.3) is 0 Å². The van der Waals surface area contributed by atoms with Gasteiger partial charge in [0.2, 0.25) is 0 Å². The van der Waals surface area contributed by atoms with Crippen LogP contribution in [-0.2, 0) is 38.1 Å². The molecule has 1 aliphatic rings. The van der Waals surface area contributed by atoms with Gasteiger partial charge in [0, 0.05) is 32.7 Å². The predicted octanol–water partition coefficient (Wildman–Crippen LogP) is 4.58. The summed E-state index contributed by atoms with van der Waals surface area (Å²) in [7, 11) is 0. The number of rotatable bonds is 0. The van der Waals surface area contributed by atoms with Gasteiger partial charge >= 0.3 is 0 Å². The van der Waals surface area contributed by atoms with E-state index in [0.29, 0.717) is 0 Å². The van der Waals surface area contributed by atoms with E-state index in [0.717, 1.165) is 0 Å². The third-order valence-electron chi connectivity index (χ3n) is 3.76. The molecule has 1 aromatic rings. The molecular formula is C15H23Y-. The zero-order valence-corrected chi connectivity index (χ0v) is 14.3. The zero-order valence-electron chi connectivity index (χ0n) is 11.5. The second kappa shape index (κ2) is 5.69. The van der Waals surface area contributed by atoms with Gasteiger partial charge in [0.1, 0.15) is 0 Å². The molecule has 0 saturated heterocycles. The maximum absolute atomic E-state index is 2.39. The van der Waals surface area contributed by atoms with Crippen LogP contribution in [-0.4, -0.2) is 0 Å². The van der Waals surface area contributed by atoms with Gasteiger partial charge in [0.05, 0.1) is 0 Å². The fourth-order valence-electron chi connectivity index (χ4n) is 2.11. The molecule has 87 valence electrons. The molecule has 0 nitrogen and oxygen atoms in total. The van der Waals surface area contributed by atoms with E-state index in [4.69, 9.17) is 0 Å². The summed E-state index contributed by atoms with van der Waals surface area (Å²) in [5.74, 6) is 0. The van der Waals surface area contributed by atoms with E-state index in [2.05, 4.69) is 58.4 Å². The Hall–Kier alpha value is 0.194. The molecule has 0 N–H and O–H groups in total. The average Bonchev–Trinajstić information content (AvgIpc) is 2.37. The summed E-state index contributed by atoms with van der Waals surface area (Å²) >= 11 is 0. The van der Waals surface area contributed by atoms with Crippen LogP contribution in [0.4, 0.5) is 0 Å². The summed E-state index contributed by atoms with van der Waals surface area (Å²) in [5.41, 5.74) is 3.44. The molecule has 0 saturated carbocycles. The third kappa shape index (κ3) is 2.54. The van der Waals surface area contributed by atoms with Crippen molar-refractivity contribution in [2.75, 3.05) is 0 Å². The molecule has 0 heterocycles. The minimum absolute atomic E-state index is 0. The van der Waals surface area contributed by atoms with E-state index in [1.165, 1.54) is 11.1 Å². The van der Waals surface area contributed by atoms with Gasteiger partial charge in [-0.25, -0.2) is 0 Å². The molecule has 16 heavy (non-hydrogen) atoms. The first-order valence-electron chi connectivity index (χ1n) is 5.90. The standard InChI is InChI=1S/C13H17.C2H6.Y/c1-12(2)9-10-7-5-6-8-11(10)13(12,3)4;1-2;/h5-9H,1-4H3;1-2H3;/q-1;;. The molecule has 0 bridgehead atoms. The minimum Gasteiger partial charge on any atom is -0.188 e. The fourth-order valence-corrected chi connectivity index (χ4v) is 2.11. The van der Waals surface area contributed by atoms with Crippen LogP contribution in [0.1, 0.15) is 52.7 Å². The third-order valence-corrected chi connectivity index (χ3v) is 3.76. The second-order valence-electron chi connectivity index (χ2n) is 5.08. The number of hydrogen-bond acceptors (Lipinski definition) is 0. The largest absolute Gasteiger partial charge is 0.188 e. The number of benzene rings is 1. The van der Waals surface area contributed by atoms with Gasteiger partial charge < -0.3 is 0 Å². The van der Waals surface area contributed by atoms with Crippen LogP contribution in [0.2, 0.25) is 0 Å². The van der Waals surface area contributed by atoms with Crippen molar-refractivity contribution < 1.29 is 32.7 Å². The predicted molar refractivity (Wildman–Crippen MR) is 68.0 cm³/mol. The van der Waals surface area contributed by atoms with E-state index < -0.39 is 0 Å². The SMILES string of the molecule is CC.CC1(C)[CH-]c2ccccc2C1(C)C.[Y]. The van der Waals surface area contributed by atoms with Gasteiger partial charge in [-0.15, -0.1) is 17.7 Å². The topological polar surface area (TPSA) is 0 Å². The molecule has 0 aromatic heterocycles. The first kappa shape index (κ1) is 16.2. The summed E-state index contributed by atoms with van der Waals surface area (Å²) in [4.78, 5) is 0. The quantitative estimate of drug-likeness (QED) is 0.614. The van der Waals surface area contributed by atoms with Gasteiger partial charge in [0.15, 0.2) is 0 Å². The van der Waals surface area contributed by atoms with Crippen molar-refractivity contribution in [1.82, 2.24) is 0 Å². The first-order valence-corrected chi connectivity index (χ1v) is 5.90. The van der Waals surface area contributed by atoms with Crippen molar-refractivity contribution in [3.63, 3.8) is 0 Å². The molecule has 1 radical (unpaired) electrons. The van der Waals surface area contributed by atoms with Crippen molar-refractivity contribution in [2.24, 2.45) is 5.41 Å². The Balaban J connectivity index is 0.000000711. The summed E-state index contributed by atoms with van der Waals surface area (Å²) in [6.07, 6.45) is 2.39. The van der Waals surface area contributed by atoms with E-state index in [9.17, 15) is 0 Å².